The molecule has 0 spiro atoms. The standard InChI is InChI=1S/C22H20N2O6/c1-29-21(27)14-8-6-13(7-9-14)18-11-10-16(30-18)12-17-19(25)23-22(28)24(20(17)26)15-4-2-3-5-15/h6-12,15H,2-5H2,1H3,(H,23,25,28)/b17-12+. The number of esters is 1. The Bertz CT molecular complexity index is 1040. The predicted molar refractivity (Wildman–Crippen MR) is 106 cm³/mol. The molecule has 1 saturated carbocycles. The smallest absolute Gasteiger partial charge is 0.337 e. The largest absolute Gasteiger partial charge is 0.465 e. The van der Waals surface area contributed by atoms with Gasteiger partial charge in [0.1, 0.15) is 17.1 Å². The third-order valence-corrected chi connectivity index (χ3v) is 5.33. The minimum atomic E-state index is -0.736. The molecule has 2 aliphatic rings. The molecule has 0 bridgehead atoms. The van der Waals surface area contributed by atoms with Crippen LogP contribution in [0.3, 0.4) is 0 Å². The third kappa shape index (κ3) is 3.63. The van der Waals surface area contributed by atoms with Crippen molar-refractivity contribution in [2.24, 2.45) is 0 Å². The fraction of sp³-hybridized carbons (Fsp3) is 0.273. The van der Waals surface area contributed by atoms with Crippen LogP contribution in [0.5, 0.6) is 0 Å². The molecule has 4 rings (SSSR count). The molecule has 1 N–H and O–H groups in total. The molecule has 0 atom stereocenters. The molecule has 0 unspecified atom stereocenters. The van der Waals surface area contributed by atoms with E-state index in [9.17, 15) is 19.2 Å². The summed E-state index contributed by atoms with van der Waals surface area (Å²) in [6.45, 7) is 0. The van der Waals surface area contributed by atoms with Gasteiger partial charge >= 0.3 is 12.0 Å². The second kappa shape index (κ2) is 7.98. The van der Waals surface area contributed by atoms with E-state index < -0.39 is 23.8 Å². The monoisotopic (exact) mass is 408 g/mol. The van der Waals surface area contributed by atoms with Crippen molar-refractivity contribution in [2.75, 3.05) is 7.11 Å². The van der Waals surface area contributed by atoms with Crippen molar-refractivity contribution in [3.63, 3.8) is 0 Å². The van der Waals surface area contributed by atoms with Crippen LogP contribution in [0.15, 0.2) is 46.4 Å². The third-order valence-electron chi connectivity index (χ3n) is 5.33. The van der Waals surface area contributed by atoms with E-state index in [1.165, 1.54) is 13.2 Å². The van der Waals surface area contributed by atoms with Crippen LogP contribution < -0.4 is 5.32 Å². The number of nitrogens with zero attached hydrogens (tertiary/aromatic N) is 1. The summed E-state index contributed by atoms with van der Waals surface area (Å²) in [4.78, 5) is 50.0. The summed E-state index contributed by atoms with van der Waals surface area (Å²) in [6, 6.07) is 9.13. The molecule has 154 valence electrons. The Morgan fingerprint density at radius 3 is 2.47 bits per heavy atom. The number of methoxy groups -OCH3 is 1. The van der Waals surface area contributed by atoms with Gasteiger partial charge in [-0.15, -0.1) is 0 Å². The Morgan fingerprint density at radius 2 is 1.80 bits per heavy atom. The van der Waals surface area contributed by atoms with Gasteiger partial charge in [-0.1, -0.05) is 25.0 Å². The lowest BCUT2D eigenvalue weighted by Crippen LogP contribution is -2.57. The van der Waals surface area contributed by atoms with Crippen LogP contribution in [0.1, 0.15) is 41.8 Å². The maximum atomic E-state index is 12.8. The van der Waals surface area contributed by atoms with Gasteiger partial charge in [0.2, 0.25) is 0 Å². The van der Waals surface area contributed by atoms with Crippen molar-refractivity contribution in [2.45, 2.75) is 31.7 Å². The van der Waals surface area contributed by atoms with E-state index in [0.29, 0.717) is 17.1 Å². The zero-order valence-electron chi connectivity index (χ0n) is 16.3. The summed E-state index contributed by atoms with van der Waals surface area (Å²) >= 11 is 0. The summed E-state index contributed by atoms with van der Waals surface area (Å²) in [5.74, 6) is -0.961. The fourth-order valence-corrected chi connectivity index (χ4v) is 3.78. The highest BCUT2D eigenvalue weighted by molar-refractivity contribution is 6.31. The highest BCUT2D eigenvalue weighted by Gasteiger charge is 2.40. The van der Waals surface area contributed by atoms with E-state index in [-0.39, 0.29) is 11.6 Å². The molecule has 8 nitrogen and oxygen atoms in total. The van der Waals surface area contributed by atoms with E-state index in [1.54, 1.807) is 36.4 Å². The van der Waals surface area contributed by atoms with Crippen LogP contribution >= 0.6 is 0 Å². The first-order valence-electron chi connectivity index (χ1n) is 9.67. The van der Waals surface area contributed by atoms with Crippen molar-refractivity contribution in [3.05, 3.63) is 53.3 Å². The minimum Gasteiger partial charge on any atom is -0.465 e. The number of carbonyl (C=O) groups is 4. The fourth-order valence-electron chi connectivity index (χ4n) is 3.78. The predicted octanol–water partition coefficient (Wildman–Crippen LogP) is 3.14. The topological polar surface area (TPSA) is 106 Å². The molecule has 30 heavy (non-hydrogen) atoms. The Labute approximate surface area is 172 Å². The van der Waals surface area contributed by atoms with E-state index >= 15 is 0 Å². The Balaban J connectivity index is 1.58. The quantitative estimate of drug-likeness (QED) is 0.473. The average Bonchev–Trinajstić information content (AvgIpc) is 3.43. The van der Waals surface area contributed by atoms with Gasteiger partial charge in [0.25, 0.3) is 11.8 Å². The number of benzene rings is 1. The molecule has 1 aliphatic heterocycles. The van der Waals surface area contributed by atoms with E-state index in [1.807, 2.05) is 0 Å². The van der Waals surface area contributed by atoms with Gasteiger partial charge in [0, 0.05) is 11.6 Å². The number of nitrogens with one attached hydrogen (secondary N) is 1. The molecule has 1 aromatic carbocycles. The zero-order valence-corrected chi connectivity index (χ0v) is 16.3. The number of hydrogen-bond donors (Lipinski definition) is 1. The SMILES string of the molecule is COC(=O)c1ccc(-c2ccc(/C=C3\C(=O)NC(=O)N(C4CCCC4)C3=O)o2)cc1. The zero-order chi connectivity index (χ0) is 21.3. The van der Waals surface area contributed by atoms with E-state index in [4.69, 9.17) is 4.42 Å². The molecule has 0 radical (unpaired) electrons. The molecular formula is C22H20N2O6. The van der Waals surface area contributed by atoms with Gasteiger partial charge < -0.3 is 9.15 Å². The van der Waals surface area contributed by atoms with Gasteiger partial charge in [0.15, 0.2) is 0 Å². The molecule has 1 aromatic heterocycles. The van der Waals surface area contributed by atoms with Gasteiger partial charge in [-0.25, -0.2) is 9.59 Å². The van der Waals surface area contributed by atoms with Crippen LogP contribution in [0.4, 0.5) is 4.79 Å². The first-order valence-corrected chi connectivity index (χ1v) is 9.67. The number of imide groups is 2. The number of urea groups is 1. The molecule has 4 amide bonds. The molecular weight excluding hydrogens is 388 g/mol. The molecule has 8 heteroatoms. The van der Waals surface area contributed by atoms with Crippen molar-refractivity contribution in [3.8, 4) is 11.3 Å². The first-order chi connectivity index (χ1) is 14.5. The van der Waals surface area contributed by atoms with Gasteiger partial charge in [-0.2, -0.15) is 0 Å². The number of barbiturate groups is 1. The van der Waals surface area contributed by atoms with Crippen LogP contribution in [0.25, 0.3) is 17.4 Å². The van der Waals surface area contributed by atoms with Crippen LogP contribution in [-0.4, -0.2) is 41.9 Å². The van der Waals surface area contributed by atoms with Crippen LogP contribution in [0, 0.1) is 0 Å². The lowest BCUT2D eigenvalue weighted by atomic mass is 10.1. The number of ether oxygens (including phenoxy) is 1. The molecule has 2 fully saturated rings. The summed E-state index contributed by atoms with van der Waals surface area (Å²) in [7, 11) is 1.31. The molecule has 1 aliphatic carbocycles. The molecule has 2 heterocycles. The Morgan fingerprint density at radius 1 is 1.10 bits per heavy atom. The van der Waals surface area contributed by atoms with Gasteiger partial charge in [0.05, 0.1) is 12.7 Å². The number of hydrogen-bond acceptors (Lipinski definition) is 6. The van der Waals surface area contributed by atoms with E-state index in [0.717, 1.165) is 36.1 Å². The lowest BCUT2D eigenvalue weighted by molar-refractivity contribution is -0.131. The average molecular weight is 408 g/mol. The normalized spacial score (nSPS) is 18.8. The Kier molecular flexibility index (Phi) is 5.22. The van der Waals surface area contributed by atoms with E-state index in [2.05, 4.69) is 10.1 Å². The summed E-state index contributed by atoms with van der Waals surface area (Å²) in [5, 5.41) is 2.24. The Hall–Kier alpha value is -3.68. The first kappa shape index (κ1) is 19.6. The van der Waals surface area contributed by atoms with Crippen molar-refractivity contribution in [1.82, 2.24) is 10.2 Å². The van der Waals surface area contributed by atoms with Gasteiger partial charge in [-0.3, -0.25) is 19.8 Å². The number of amides is 4. The molecule has 1 saturated heterocycles. The second-order valence-electron chi connectivity index (χ2n) is 7.20. The van der Waals surface area contributed by atoms with Crippen molar-refractivity contribution >= 4 is 29.9 Å². The van der Waals surface area contributed by atoms with Gasteiger partial charge in [-0.05, 0) is 43.2 Å². The van der Waals surface area contributed by atoms with Crippen LogP contribution in [-0.2, 0) is 14.3 Å². The lowest BCUT2D eigenvalue weighted by Gasteiger charge is -2.30. The summed E-state index contributed by atoms with van der Waals surface area (Å²) in [5.41, 5.74) is 0.995. The number of rotatable bonds is 4. The van der Waals surface area contributed by atoms with Crippen molar-refractivity contribution < 1.29 is 28.3 Å². The van der Waals surface area contributed by atoms with Crippen molar-refractivity contribution in [1.29, 1.82) is 0 Å². The second-order valence-corrected chi connectivity index (χ2v) is 7.20. The highest BCUT2D eigenvalue weighted by atomic mass is 16.5. The molecule has 2 aromatic rings. The maximum Gasteiger partial charge on any atom is 0.337 e. The number of furan rings is 1. The highest BCUT2D eigenvalue weighted by Crippen LogP contribution is 2.28. The van der Waals surface area contributed by atoms with Crippen LogP contribution in [0.2, 0.25) is 0 Å². The number of carbonyl (C=O) groups excluding carboxylic acids is 4. The minimum absolute atomic E-state index is 0.136. The maximum absolute atomic E-state index is 12.8. The summed E-state index contributed by atoms with van der Waals surface area (Å²) in [6.07, 6.45) is 4.73. The summed E-state index contributed by atoms with van der Waals surface area (Å²) < 4.78 is 10.4.